The molecule has 0 aliphatic carbocycles. The first-order valence-electron chi connectivity index (χ1n) is 10.1. The van der Waals surface area contributed by atoms with Crippen LogP contribution < -0.4 is 15.1 Å². The predicted octanol–water partition coefficient (Wildman–Crippen LogP) is 3.43. The maximum absolute atomic E-state index is 6.02. The number of hydrazone groups is 1. The molecule has 1 fully saturated rings. The molecular weight excluding hydrogens is 416 g/mol. The van der Waals surface area contributed by atoms with Crippen LogP contribution in [0.5, 0.6) is 6.01 Å². The van der Waals surface area contributed by atoms with Crippen LogP contribution >= 0.6 is 11.6 Å². The molecule has 0 amide bonds. The zero-order valence-electron chi connectivity index (χ0n) is 16.9. The number of nitrogens with zero attached hydrogens (tertiary/aromatic N) is 5. The van der Waals surface area contributed by atoms with Crippen molar-refractivity contribution in [1.29, 1.82) is 0 Å². The quantitative estimate of drug-likeness (QED) is 0.426. The predicted molar refractivity (Wildman–Crippen MR) is 121 cm³/mol. The number of hydrogen-bond donors (Lipinski definition) is 1. The summed E-state index contributed by atoms with van der Waals surface area (Å²) in [6.07, 6.45) is 4.12. The third kappa shape index (κ3) is 6.37. The van der Waals surface area contributed by atoms with Gasteiger partial charge in [-0.1, -0.05) is 29.8 Å². The van der Waals surface area contributed by atoms with Gasteiger partial charge in [0.05, 0.1) is 26.0 Å². The van der Waals surface area contributed by atoms with Crippen LogP contribution in [-0.2, 0) is 11.2 Å². The third-order valence-corrected chi connectivity index (χ3v) is 4.82. The highest BCUT2D eigenvalue weighted by Crippen LogP contribution is 2.21. The van der Waals surface area contributed by atoms with Crippen molar-refractivity contribution in [3.8, 4) is 6.01 Å². The Hall–Kier alpha value is -3.23. The Morgan fingerprint density at radius 1 is 1.13 bits per heavy atom. The van der Waals surface area contributed by atoms with Crippen LogP contribution in [0.3, 0.4) is 0 Å². The van der Waals surface area contributed by atoms with E-state index in [9.17, 15) is 0 Å². The van der Waals surface area contributed by atoms with Crippen LogP contribution in [0.25, 0.3) is 0 Å². The van der Waals surface area contributed by atoms with E-state index in [1.54, 1.807) is 12.4 Å². The zero-order valence-corrected chi connectivity index (χ0v) is 17.7. The Morgan fingerprint density at radius 3 is 2.84 bits per heavy atom. The Labute approximate surface area is 185 Å². The second-order valence-electron chi connectivity index (χ2n) is 6.84. The van der Waals surface area contributed by atoms with Crippen molar-refractivity contribution in [2.24, 2.45) is 5.10 Å². The van der Waals surface area contributed by atoms with Crippen LogP contribution in [0.2, 0.25) is 5.02 Å². The van der Waals surface area contributed by atoms with Crippen LogP contribution in [0.4, 0.5) is 11.6 Å². The van der Waals surface area contributed by atoms with Gasteiger partial charge in [0.1, 0.15) is 5.82 Å². The van der Waals surface area contributed by atoms with Crippen LogP contribution in [0, 0.1) is 0 Å². The lowest BCUT2D eigenvalue weighted by Gasteiger charge is -2.28. The molecule has 0 radical (unpaired) electrons. The summed E-state index contributed by atoms with van der Waals surface area (Å²) in [7, 11) is 0. The maximum Gasteiger partial charge on any atom is 0.320 e. The van der Waals surface area contributed by atoms with Gasteiger partial charge in [-0.05, 0) is 29.8 Å². The second-order valence-corrected chi connectivity index (χ2v) is 7.27. The average Bonchev–Trinajstić information content (AvgIpc) is 2.80. The van der Waals surface area contributed by atoms with Gasteiger partial charge >= 0.3 is 6.01 Å². The van der Waals surface area contributed by atoms with E-state index in [1.807, 2.05) is 48.5 Å². The van der Waals surface area contributed by atoms with Gasteiger partial charge in [0.15, 0.2) is 5.82 Å². The number of aromatic nitrogens is 3. The molecule has 1 aliphatic heterocycles. The van der Waals surface area contributed by atoms with Gasteiger partial charge < -0.3 is 14.4 Å². The number of rotatable bonds is 8. The molecule has 8 nitrogen and oxygen atoms in total. The fourth-order valence-electron chi connectivity index (χ4n) is 3.04. The van der Waals surface area contributed by atoms with Crippen molar-refractivity contribution in [3.63, 3.8) is 0 Å². The molecule has 4 rings (SSSR count). The number of halogens is 1. The fourth-order valence-corrected chi connectivity index (χ4v) is 3.24. The summed E-state index contributed by atoms with van der Waals surface area (Å²) in [5, 5.41) is 4.93. The molecule has 3 heterocycles. The molecule has 1 saturated heterocycles. The number of ether oxygens (including phenoxy) is 2. The van der Waals surface area contributed by atoms with Gasteiger partial charge in [-0.3, -0.25) is 10.4 Å². The van der Waals surface area contributed by atoms with E-state index in [0.717, 1.165) is 30.2 Å². The van der Waals surface area contributed by atoms with Crippen molar-refractivity contribution in [2.45, 2.75) is 6.42 Å². The molecule has 3 aromatic rings. The number of morpholine rings is 1. The summed E-state index contributed by atoms with van der Waals surface area (Å²) in [6.45, 7) is 3.27. The lowest BCUT2D eigenvalue weighted by Crippen LogP contribution is -2.36. The zero-order chi connectivity index (χ0) is 21.3. The Balaban J connectivity index is 1.46. The molecule has 9 heteroatoms. The van der Waals surface area contributed by atoms with E-state index in [-0.39, 0.29) is 0 Å². The van der Waals surface area contributed by atoms with Crippen molar-refractivity contribution >= 4 is 29.5 Å². The molecule has 1 aromatic carbocycles. The van der Waals surface area contributed by atoms with Gasteiger partial charge in [0, 0.05) is 42.5 Å². The second kappa shape index (κ2) is 10.7. The van der Waals surface area contributed by atoms with E-state index in [1.165, 1.54) is 0 Å². The minimum absolute atomic E-state index is 0.292. The lowest BCUT2D eigenvalue weighted by molar-refractivity contribution is 0.122. The first kappa shape index (κ1) is 21.0. The summed E-state index contributed by atoms with van der Waals surface area (Å²) in [4.78, 5) is 15.5. The van der Waals surface area contributed by atoms with E-state index in [4.69, 9.17) is 21.1 Å². The number of benzene rings is 1. The molecule has 0 atom stereocenters. The summed E-state index contributed by atoms with van der Waals surface area (Å²) in [6, 6.07) is 15.4. The van der Waals surface area contributed by atoms with Crippen LogP contribution in [0.15, 0.2) is 59.8 Å². The first-order valence-corrected chi connectivity index (χ1v) is 10.4. The molecule has 1 aliphatic rings. The molecule has 1 N–H and O–H groups in total. The molecule has 0 bridgehead atoms. The Bertz CT molecular complexity index is 1010. The van der Waals surface area contributed by atoms with E-state index < -0.39 is 0 Å². The number of pyridine rings is 1. The standard InChI is InChI=1S/C22H23ClN6O2/c23-18-5-3-4-17(14-18)16-25-28-20-15-21(29-9-12-30-13-10-29)27-22(26-20)31-11-7-19-6-1-2-8-24-19/h1-6,8,14-16H,7,9-13H2,(H,26,27,28). The largest absolute Gasteiger partial charge is 0.463 e. The monoisotopic (exact) mass is 438 g/mol. The molecular formula is C22H23ClN6O2. The third-order valence-electron chi connectivity index (χ3n) is 4.58. The fraction of sp³-hybridized carbons (Fsp3) is 0.273. The molecule has 0 saturated carbocycles. The van der Waals surface area contributed by atoms with Crippen LogP contribution in [-0.4, -0.2) is 54.1 Å². The SMILES string of the molecule is Clc1cccc(C=NNc2cc(N3CCOCC3)nc(OCCc3ccccn3)n2)c1. The van der Waals surface area contributed by atoms with Gasteiger partial charge in [-0.25, -0.2) is 0 Å². The average molecular weight is 439 g/mol. The number of hydrogen-bond acceptors (Lipinski definition) is 8. The van der Waals surface area contributed by atoms with Gasteiger partial charge in [0.2, 0.25) is 0 Å². The highest BCUT2D eigenvalue weighted by Gasteiger charge is 2.15. The summed E-state index contributed by atoms with van der Waals surface area (Å²) >= 11 is 6.02. The summed E-state index contributed by atoms with van der Waals surface area (Å²) in [5.41, 5.74) is 4.80. The number of anilines is 2. The molecule has 2 aromatic heterocycles. The smallest absolute Gasteiger partial charge is 0.320 e. The Kier molecular flexibility index (Phi) is 7.25. The van der Waals surface area contributed by atoms with Crippen LogP contribution in [0.1, 0.15) is 11.3 Å². The van der Waals surface area contributed by atoms with E-state index in [0.29, 0.717) is 43.1 Å². The minimum Gasteiger partial charge on any atom is -0.463 e. The molecule has 31 heavy (non-hydrogen) atoms. The Morgan fingerprint density at radius 2 is 2.03 bits per heavy atom. The lowest BCUT2D eigenvalue weighted by atomic mass is 10.2. The molecule has 160 valence electrons. The van der Waals surface area contributed by atoms with Gasteiger partial charge in [-0.15, -0.1) is 0 Å². The van der Waals surface area contributed by atoms with E-state index >= 15 is 0 Å². The van der Waals surface area contributed by atoms with Crippen molar-refractivity contribution in [2.75, 3.05) is 43.2 Å². The summed E-state index contributed by atoms with van der Waals surface area (Å²) in [5.74, 6) is 1.31. The minimum atomic E-state index is 0.292. The first-order chi connectivity index (χ1) is 15.3. The molecule has 0 unspecified atom stereocenters. The van der Waals surface area contributed by atoms with Gasteiger partial charge in [0.25, 0.3) is 0 Å². The van der Waals surface area contributed by atoms with Crippen molar-refractivity contribution < 1.29 is 9.47 Å². The topological polar surface area (TPSA) is 84.8 Å². The van der Waals surface area contributed by atoms with E-state index in [2.05, 4.69) is 30.4 Å². The molecule has 0 spiro atoms. The van der Waals surface area contributed by atoms with Crippen molar-refractivity contribution in [1.82, 2.24) is 15.0 Å². The summed E-state index contributed by atoms with van der Waals surface area (Å²) < 4.78 is 11.3. The maximum atomic E-state index is 6.02. The number of nitrogens with one attached hydrogen (secondary N) is 1. The van der Waals surface area contributed by atoms with Gasteiger partial charge in [-0.2, -0.15) is 15.1 Å². The van der Waals surface area contributed by atoms with Crippen molar-refractivity contribution in [3.05, 3.63) is 71.0 Å². The highest BCUT2D eigenvalue weighted by atomic mass is 35.5. The normalized spacial score (nSPS) is 14.0. The highest BCUT2D eigenvalue weighted by molar-refractivity contribution is 6.30.